The first-order valence-corrected chi connectivity index (χ1v) is 4.74. The highest BCUT2D eigenvalue weighted by molar-refractivity contribution is 7.97. The summed E-state index contributed by atoms with van der Waals surface area (Å²) in [6, 6.07) is 0. The Morgan fingerprint density at radius 2 is 2.18 bits per heavy atom. The van der Waals surface area contributed by atoms with Crippen LogP contribution in [0.15, 0.2) is 0 Å². The first kappa shape index (κ1) is 10.8. The van der Waals surface area contributed by atoms with Crippen molar-refractivity contribution >= 4 is 17.9 Å². The molecule has 3 nitrogen and oxygen atoms in total. The molecule has 0 aliphatic rings. The standard InChI is InChI=1S/C7H15NO2S/c1-10-7(9)5-3-2-4-6-11-8/h2-6,8H2,1H3. The third kappa shape index (κ3) is 7.68. The van der Waals surface area contributed by atoms with E-state index in [1.54, 1.807) is 0 Å². The van der Waals surface area contributed by atoms with Crippen molar-refractivity contribution in [3.05, 3.63) is 0 Å². The van der Waals surface area contributed by atoms with Crippen molar-refractivity contribution in [3.8, 4) is 0 Å². The van der Waals surface area contributed by atoms with Crippen LogP contribution in [0.4, 0.5) is 0 Å². The van der Waals surface area contributed by atoms with Crippen LogP contribution < -0.4 is 5.14 Å². The quantitative estimate of drug-likeness (QED) is 0.378. The Hall–Kier alpha value is -0.220. The molecule has 0 saturated heterocycles. The van der Waals surface area contributed by atoms with Crippen LogP contribution in [0, 0.1) is 0 Å². The van der Waals surface area contributed by atoms with Crippen molar-refractivity contribution in [3.63, 3.8) is 0 Å². The molecule has 0 fully saturated rings. The highest BCUT2D eigenvalue weighted by atomic mass is 32.2. The number of methoxy groups -OCH3 is 1. The summed E-state index contributed by atoms with van der Waals surface area (Å²) < 4.78 is 4.49. The summed E-state index contributed by atoms with van der Waals surface area (Å²) in [6.45, 7) is 0. The Balaban J connectivity index is 2.95. The third-order valence-corrected chi connectivity index (χ3v) is 1.90. The molecule has 0 amide bonds. The molecule has 0 aromatic carbocycles. The molecule has 11 heavy (non-hydrogen) atoms. The van der Waals surface area contributed by atoms with Gasteiger partial charge in [0.15, 0.2) is 0 Å². The van der Waals surface area contributed by atoms with Crippen molar-refractivity contribution in [1.82, 2.24) is 0 Å². The number of carbonyl (C=O) groups is 1. The summed E-state index contributed by atoms with van der Waals surface area (Å²) >= 11 is 1.35. The van der Waals surface area contributed by atoms with E-state index in [0.717, 1.165) is 25.0 Å². The zero-order chi connectivity index (χ0) is 8.53. The summed E-state index contributed by atoms with van der Waals surface area (Å²) in [5.41, 5.74) is 0. The number of nitrogens with two attached hydrogens (primary N) is 1. The van der Waals surface area contributed by atoms with Gasteiger partial charge in [0.05, 0.1) is 7.11 Å². The largest absolute Gasteiger partial charge is 0.469 e. The summed E-state index contributed by atoms with van der Waals surface area (Å²) in [6.07, 6.45) is 3.58. The number of carbonyl (C=O) groups excluding carboxylic acids is 1. The maximum absolute atomic E-state index is 10.6. The molecule has 0 rings (SSSR count). The van der Waals surface area contributed by atoms with E-state index < -0.39 is 0 Å². The Bertz CT molecular complexity index is 109. The fraction of sp³-hybridized carbons (Fsp3) is 0.857. The smallest absolute Gasteiger partial charge is 0.305 e. The second-order valence-corrected chi connectivity index (χ2v) is 3.00. The van der Waals surface area contributed by atoms with Crippen molar-refractivity contribution in [1.29, 1.82) is 0 Å². The minimum atomic E-state index is -0.120. The van der Waals surface area contributed by atoms with Crippen molar-refractivity contribution in [2.24, 2.45) is 5.14 Å². The fourth-order valence-electron chi connectivity index (χ4n) is 0.734. The van der Waals surface area contributed by atoms with Crippen molar-refractivity contribution < 1.29 is 9.53 Å². The summed E-state index contributed by atoms with van der Waals surface area (Å²) in [5.74, 6) is 0.853. The zero-order valence-electron chi connectivity index (χ0n) is 6.84. The molecule has 0 atom stereocenters. The molecule has 0 bridgehead atoms. The Labute approximate surface area is 71.8 Å². The van der Waals surface area contributed by atoms with Gasteiger partial charge in [-0.05, 0) is 12.8 Å². The van der Waals surface area contributed by atoms with E-state index in [4.69, 9.17) is 5.14 Å². The van der Waals surface area contributed by atoms with Gasteiger partial charge in [-0.2, -0.15) is 0 Å². The molecule has 66 valence electrons. The molecule has 0 radical (unpaired) electrons. The Morgan fingerprint density at radius 1 is 1.45 bits per heavy atom. The van der Waals surface area contributed by atoms with E-state index in [1.807, 2.05) is 0 Å². The maximum atomic E-state index is 10.6. The number of hydrogen-bond donors (Lipinski definition) is 1. The van der Waals surface area contributed by atoms with Gasteiger partial charge in [-0.3, -0.25) is 9.93 Å². The van der Waals surface area contributed by atoms with Crippen LogP contribution in [-0.2, 0) is 9.53 Å². The average Bonchev–Trinajstić information content (AvgIpc) is 2.04. The Morgan fingerprint density at radius 3 is 2.73 bits per heavy atom. The van der Waals surface area contributed by atoms with E-state index in [1.165, 1.54) is 19.1 Å². The summed E-state index contributed by atoms with van der Waals surface area (Å²) in [7, 11) is 1.41. The van der Waals surface area contributed by atoms with Gasteiger partial charge in [0, 0.05) is 12.2 Å². The highest BCUT2D eigenvalue weighted by Gasteiger charge is 1.98. The van der Waals surface area contributed by atoms with Gasteiger partial charge < -0.3 is 4.74 Å². The third-order valence-electron chi connectivity index (χ3n) is 1.37. The normalized spacial score (nSPS) is 9.64. The SMILES string of the molecule is COC(=O)CCCCCSN. The molecule has 4 heteroatoms. The topological polar surface area (TPSA) is 52.3 Å². The number of hydrogen-bond acceptors (Lipinski definition) is 4. The predicted molar refractivity (Wildman–Crippen MR) is 47.1 cm³/mol. The molecule has 0 aromatic rings. The van der Waals surface area contributed by atoms with E-state index in [0.29, 0.717) is 6.42 Å². The number of unbranched alkanes of at least 4 members (excludes halogenated alkanes) is 2. The first-order chi connectivity index (χ1) is 5.31. The minimum Gasteiger partial charge on any atom is -0.469 e. The van der Waals surface area contributed by atoms with Crippen LogP contribution in [-0.4, -0.2) is 18.8 Å². The van der Waals surface area contributed by atoms with Crippen LogP contribution in [0.1, 0.15) is 25.7 Å². The lowest BCUT2D eigenvalue weighted by atomic mass is 10.2. The van der Waals surface area contributed by atoms with Gasteiger partial charge in [0.25, 0.3) is 0 Å². The molecular weight excluding hydrogens is 162 g/mol. The van der Waals surface area contributed by atoms with Crippen LogP contribution in [0.3, 0.4) is 0 Å². The van der Waals surface area contributed by atoms with E-state index in [2.05, 4.69) is 4.74 Å². The van der Waals surface area contributed by atoms with E-state index in [-0.39, 0.29) is 5.97 Å². The number of esters is 1. The molecule has 0 heterocycles. The summed E-state index contributed by atoms with van der Waals surface area (Å²) in [4.78, 5) is 10.6. The second kappa shape index (κ2) is 7.88. The lowest BCUT2D eigenvalue weighted by Gasteiger charge is -1.98. The molecule has 0 saturated carbocycles. The lowest BCUT2D eigenvalue weighted by Crippen LogP contribution is -1.99. The molecule has 0 spiro atoms. The average molecular weight is 177 g/mol. The van der Waals surface area contributed by atoms with E-state index in [9.17, 15) is 4.79 Å². The van der Waals surface area contributed by atoms with Crippen molar-refractivity contribution in [2.45, 2.75) is 25.7 Å². The van der Waals surface area contributed by atoms with Gasteiger partial charge in [-0.1, -0.05) is 18.4 Å². The molecule has 0 aromatic heterocycles. The predicted octanol–water partition coefficient (Wildman–Crippen LogP) is 1.33. The molecule has 0 aliphatic heterocycles. The molecular formula is C7H15NO2S. The van der Waals surface area contributed by atoms with Crippen molar-refractivity contribution in [2.75, 3.05) is 12.9 Å². The van der Waals surface area contributed by atoms with Crippen LogP contribution in [0.2, 0.25) is 0 Å². The van der Waals surface area contributed by atoms with Crippen LogP contribution in [0.5, 0.6) is 0 Å². The molecule has 2 N–H and O–H groups in total. The van der Waals surface area contributed by atoms with Crippen LogP contribution in [0.25, 0.3) is 0 Å². The number of ether oxygens (including phenoxy) is 1. The van der Waals surface area contributed by atoms with Gasteiger partial charge in [-0.15, -0.1) is 0 Å². The van der Waals surface area contributed by atoms with Gasteiger partial charge in [-0.25, -0.2) is 0 Å². The zero-order valence-corrected chi connectivity index (χ0v) is 7.65. The second-order valence-electron chi connectivity index (χ2n) is 2.26. The van der Waals surface area contributed by atoms with Gasteiger partial charge in [0.1, 0.15) is 0 Å². The Kier molecular flexibility index (Phi) is 7.72. The van der Waals surface area contributed by atoms with E-state index >= 15 is 0 Å². The van der Waals surface area contributed by atoms with Crippen LogP contribution >= 0.6 is 11.9 Å². The first-order valence-electron chi connectivity index (χ1n) is 3.69. The lowest BCUT2D eigenvalue weighted by molar-refractivity contribution is -0.140. The fourth-order valence-corrected chi connectivity index (χ4v) is 1.10. The van der Waals surface area contributed by atoms with Gasteiger partial charge >= 0.3 is 5.97 Å². The summed E-state index contributed by atoms with van der Waals surface area (Å²) in [5, 5.41) is 5.22. The maximum Gasteiger partial charge on any atom is 0.305 e. The molecule has 0 unspecified atom stereocenters. The highest BCUT2D eigenvalue weighted by Crippen LogP contribution is 2.03. The number of rotatable bonds is 6. The van der Waals surface area contributed by atoms with Gasteiger partial charge in [0.2, 0.25) is 0 Å². The molecule has 0 aliphatic carbocycles. The monoisotopic (exact) mass is 177 g/mol. The minimum absolute atomic E-state index is 0.120.